The molecule has 3 nitrogen and oxygen atoms in total. The van der Waals surface area contributed by atoms with Crippen LogP contribution in [0.1, 0.15) is 18.1 Å². The molecule has 2 atom stereocenters. The Balaban J connectivity index is 2.00. The molecule has 2 aromatic rings. The highest BCUT2D eigenvalue weighted by Gasteiger charge is 2.46. The van der Waals surface area contributed by atoms with E-state index in [9.17, 15) is 0 Å². The first-order valence-electron chi connectivity index (χ1n) is 7.73. The van der Waals surface area contributed by atoms with Crippen LogP contribution in [-0.4, -0.2) is 37.7 Å². The van der Waals surface area contributed by atoms with Gasteiger partial charge in [-0.25, -0.2) is 0 Å². The molecule has 1 fully saturated rings. The van der Waals surface area contributed by atoms with E-state index >= 15 is 0 Å². The highest BCUT2D eigenvalue weighted by atomic mass is 16.7. The fourth-order valence-electron chi connectivity index (χ4n) is 2.84. The minimum Gasteiger partial charge on any atom is -0.339 e. The van der Waals surface area contributed by atoms with Crippen molar-refractivity contribution in [3.63, 3.8) is 0 Å². The fraction of sp³-hybridized carbons (Fsp3) is 0.368. The van der Waals surface area contributed by atoms with E-state index < -0.39 is 5.79 Å². The number of hydrogen-bond donors (Lipinski definition) is 0. The van der Waals surface area contributed by atoms with Gasteiger partial charge in [-0.2, -0.15) is 0 Å². The quantitative estimate of drug-likeness (QED) is 0.864. The highest BCUT2D eigenvalue weighted by Crippen LogP contribution is 2.41. The molecule has 0 bridgehead atoms. The van der Waals surface area contributed by atoms with Crippen LogP contribution in [0.25, 0.3) is 0 Å². The second-order valence-corrected chi connectivity index (χ2v) is 6.02. The Bertz CT molecular complexity index is 558. The molecule has 1 aliphatic rings. The number of nitrogens with zero attached hydrogens (tertiary/aromatic N) is 1. The zero-order valence-corrected chi connectivity index (χ0v) is 13.4. The molecule has 0 unspecified atom stereocenters. The van der Waals surface area contributed by atoms with Crippen molar-refractivity contribution in [1.29, 1.82) is 0 Å². The van der Waals surface area contributed by atoms with E-state index in [0.29, 0.717) is 6.61 Å². The van der Waals surface area contributed by atoms with Crippen LogP contribution in [0.15, 0.2) is 60.7 Å². The molecule has 0 radical (unpaired) electrons. The van der Waals surface area contributed by atoms with Crippen LogP contribution < -0.4 is 0 Å². The summed E-state index contributed by atoms with van der Waals surface area (Å²) in [6.07, 6.45) is 0.0374. The standard InChI is InChI=1S/C19H23NO2/c1-15(20(2)3)18-14-21-19(22-18,16-10-6-4-7-11-16)17-12-8-5-9-13-17/h4-13,15,18H,14H2,1-3H3/t15-,18-/m1/s1. The van der Waals surface area contributed by atoms with Crippen molar-refractivity contribution in [2.24, 2.45) is 0 Å². The van der Waals surface area contributed by atoms with Crippen molar-refractivity contribution in [3.05, 3.63) is 71.8 Å². The molecule has 3 rings (SSSR count). The summed E-state index contributed by atoms with van der Waals surface area (Å²) in [7, 11) is 4.14. The largest absolute Gasteiger partial charge is 0.339 e. The molecule has 2 aromatic carbocycles. The number of rotatable bonds is 4. The Kier molecular flexibility index (Phi) is 4.30. The van der Waals surface area contributed by atoms with Crippen molar-refractivity contribution in [1.82, 2.24) is 4.90 Å². The first-order valence-corrected chi connectivity index (χ1v) is 7.73. The molecule has 0 N–H and O–H groups in total. The normalized spacial score (nSPS) is 21.9. The summed E-state index contributed by atoms with van der Waals surface area (Å²) >= 11 is 0. The summed E-state index contributed by atoms with van der Waals surface area (Å²) in [5.74, 6) is -0.808. The lowest BCUT2D eigenvalue weighted by Gasteiger charge is -2.31. The molecule has 0 aromatic heterocycles. The number of ether oxygens (including phenoxy) is 2. The van der Waals surface area contributed by atoms with Crippen molar-refractivity contribution in [2.45, 2.75) is 24.9 Å². The van der Waals surface area contributed by atoms with E-state index in [1.807, 2.05) is 36.4 Å². The van der Waals surface area contributed by atoms with Crippen LogP contribution in [-0.2, 0) is 15.3 Å². The van der Waals surface area contributed by atoms with E-state index in [-0.39, 0.29) is 12.1 Å². The molecule has 1 heterocycles. The van der Waals surface area contributed by atoms with Crippen LogP contribution in [0.4, 0.5) is 0 Å². The van der Waals surface area contributed by atoms with Gasteiger partial charge < -0.3 is 14.4 Å². The van der Waals surface area contributed by atoms with Crippen LogP contribution in [0.2, 0.25) is 0 Å². The Morgan fingerprint density at radius 2 is 1.45 bits per heavy atom. The molecule has 22 heavy (non-hydrogen) atoms. The summed E-state index contributed by atoms with van der Waals surface area (Å²) in [6.45, 7) is 2.75. The van der Waals surface area contributed by atoms with Gasteiger partial charge in [0.2, 0.25) is 5.79 Å². The molecular formula is C19H23NO2. The van der Waals surface area contributed by atoms with Gasteiger partial charge in [0.25, 0.3) is 0 Å². The molecular weight excluding hydrogens is 274 g/mol. The van der Waals surface area contributed by atoms with E-state index in [0.717, 1.165) is 11.1 Å². The van der Waals surface area contributed by atoms with Crippen LogP contribution in [0.3, 0.4) is 0 Å². The van der Waals surface area contributed by atoms with Crippen molar-refractivity contribution in [3.8, 4) is 0 Å². The average molecular weight is 297 g/mol. The summed E-state index contributed by atoms with van der Waals surface area (Å²) in [6, 6.07) is 20.7. The van der Waals surface area contributed by atoms with Gasteiger partial charge >= 0.3 is 0 Å². The average Bonchev–Trinajstić information content (AvgIpc) is 3.02. The molecule has 116 valence electrons. The van der Waals surface area contributed by atoms with Crippen LogP contribution in [0, 0.1) is 0 Å². The number of likely N-dealkylation sites (N-methyl/N-ethyl adjacent to an activating group) is 1. The van der Waals surface area contributed by atoms with Gasteiger partial charge in [-0.15, -0.1) is 0 Å². The van der Waals surface area contributed by atoms with Gasteiger partial charge in [0.05, 0.1) is 6.61 Å². The van der Waals surface area contributed by atoms with Gasteiger partial charge in [0.1, 0.15) is 6.10 Å². The van der Waals surface area contributed by atoms with Gasteiger partial charge in [0, 0.05) is 17.2 Å². The molecule has 0 spiro atoms. The smallest absolute Gasteiger partial charge is 0.222 e. The Labute approximate surface area is 132 Å². The van der Waals surface area contributed by atoms with Gasteiger partial charge in [-0.3, -0.25) is 0 Å². The molecule has 1 aliphatic heterocycles. The second-order valence-electron chi connectivity index (χ2n) is 6.02. The number of hydrogen-bond acceptors (Lipinski definition) is 3. The molecule has 0 saturated carbocycles. The minimum absolute atomic E-state index is 0.0374. The van der Waals surface area contributed by atoms with E-state index in [1.165, 1.54) is 0 Å². The summed E-state index contributed by atoms with van der Waals surface area (Å²) < 4.78 is 12.7. The van der Waals surface area contributed by atoms with Crippen LogP contribution in [0.5, 0.6) is 0 Å². The first kappa shape index (κ1) is 15.2. The second kappa shape index (κ2) is 6.21. The Morgan fingerprint density at radius 3 is 1.91 bits per heavy atom. The maximum atomic E-state index is 6.48. The lowest BCUT2D eigenvalue weighted by atomic mass is 9.97. The fourth-order valence-corrected chi connectivity index (χ4v) is 2.84. The SMILES string of the molecule is C[C@H]([C@H]1COC(c2ccccc2)(c2ccccc2)O1)N(C)C. The Hall–Kier alpha value is -1.68. The van der Waals surface area contributed by atoms with Gasteiger partial charge in [-0.1, -0.05) is 60.7 Å². The summed E-state index contributed by atoms with van der Waals surface area (Å²) in [5, 5.41) is 0. The van der Waals surface area contributed by atoms with Crippen molar-refractivity contribution >= 4 is 0 Å². The summed E-state index contributed by atoms with van der Waals surface area (Å²) in [5.41, 5.74) is 2.07. The summed E-state index contributed by atoms with van der Waals surface area (Å²) in [4.78, 5) is 2.17. The maximum absolute atomic E-state index is 6.48. The lowest BCUT2D eigenvalue weighted by molar-refractivity contribution is -0.148. The van der Waals surface area contributed by atoms with Crippen LogP contribution >= 0.6 is 0 Å². The molecule has 1 saturated heterocycles. The molecule has 3 heteroatoms. The lowest BCUT2D eigenvalue weighted by Crippen LogP contribution is -2.39. The molecule has 0 aliphatic carbocycles. The number of benzene rings is 2. The predicted octanol–water partition coefficient (Wildman–Crippen LogP) is 3.25. The van der Waals surface area contributed by atoms with E-state index in [4.69, 9.17) is 9.47 Å². The third-order valence-corrected chi connectivity index (χ3v) is 4.43. The van der Waals surface area contributed by atoms with E-state index in [2.05, 4.69) is 50.2 Å². The van der Waals surface area contributed by atoms with E-state index in [1.54, 1.807) is 0 Å². The van der Waals surface area contributed by atoms with Crippen molar-refractivity contribution < 1.29 is 9.47 Å². The highest BCUT2D eigenvalue weighted by molar-refractivity contribution is 5.34. The topological polar surface area (TPSA) is 21.7 Å². The zero-order valence-electron chi connectivity index (χ0n) is 13.4. The van der Waals surface area contributed by atoms with Crippen molar-refractivity contribution in [2.75, 3.05) is 20.7 Å². The van der Waals surface area contributed by atoms with Gasteiger partial charge in [-0.05, 0) is 21.0 Å². The minimum atomic E-state index is -0.808. The third-order valence-electron chi connectivity index (χ3n) is 4.43. The zero-order chi connectivity index (χ0) is 15.6. The molecule has 0 amide bonds. The maximum Gasteiger partial charge on any atom is 0.222 e. The first-order chi connectivity index (χ1) is 10.6. The monoisotopic (exact) mass is 297 g/mol. The Morgan fingerprint density at radius 1 is 0.955 bits per heavy atom. The predicted molar refractivity (Wildman–Crippen MR) is 87.6 cm³/mol. The third kappa shape index (κ3) is 2.68. The van der Waals surface area contributed by atoms with Gasteiger partial charge in [0.15, 0.2) is 0 Å².